The van der Waals surface area contributed by atoms with Gasteiger partial charge in [0.1, 0.15) is 5.54 Å². The Morgan fingerprint density at radius 1 is 1.33 bits per heavy atom. The largest absolute Gasteiger partial charge is 0.480 e. The predicted molar refractivity (Wildman–Crippen MR) is 75.9 cm³/mol. The molecule has 0 aliphatic rings. The van der Waals surface area contributed by atoms with Crippen LogP contribution in [0.2, 0.25) is 0 Å². The summed E-state index contributed by atoms with van der Waals surface area (Å²) < 4.78 is 0. The number of carbonyl (C=O) groups is 1. The van der Waals surface area contributed by atoms with Crippen LogP contribution in [-0.4, -0.2) is 47.7 Å². The lowest BCUT2D eigenvalue weighted by atomic mass is 9.86. The van der Waals surface area contributed by atoms with Crippen LogP contribution in [0, 0.1) is 5.41 Å². The van der Waals surface area contributed by atoms with Crippen molar-refractivity contribution in [3.05, 3.63) is 0 Å². The number of carboxylic acids is 1. The number of hydrogen-bond acceptors (Lipinski definition) is 3. The van der Waals surface area contributed by atoms with Crippen molar-refractivity contribution in [1.29, 1.82) is 0 Å². The van der Waals surface area contributed by atoms with Crippen molar-refractivity contribution >= 4 is 5.97 Å². The van der Waals surface area contributed by atoms with E-state index in [2.05, 4.69) is 45.0 Å². The van der Waals surface area contributed by atoms with Gasteiger partial charge in [0, 0.05) is 12.6 Å². The average Bonchev–Trinajstić information content (AvgIpc) is 2.23. The molecule has 4 nitrogen and oxygen atoms in total. The van der Waals surface area contributed by atoms with Gasteiger partial charge in [0.05, 0.1) is 0 Å². The van der Waals surface area contributed by atoms with Gasteiger partial charge in [0.15, 0.2) is 0 Å². The number of likely N-dealkylation sites (N-methyl/N-ethyl adjacent to an activating group) is 1. The molecule has 0 saturated carbocycles. The van der Waals surface area contributed by atoms with Crippen LogP contribution in [0.3, 0.4) is 0 Å². The zero-order valence-corrected chi connectivity index (χ0v) is 13.0. The summed E-state index contributed by atoms with van der Waals surface area (Å²) in [4.78, 5) is 13.5. The Balaban J connectivity index is 4.50. The lowest BCUT2D eigenvalue weighted by Crippen LogP contribution is -2.52. The molecule has 4 heteroatoms. The molecule has 2 atom stereocenters. The number of carboxylic acid groups (broad SMARTS) is 1. The molecule has 0 bridgehead atoms. The van der Waals surface area contributed by atoms with Crippen molar-refractivity contribution in [2.45, 2.75) is 59.5 Å². The van der Waals surface area contributed by atoms with Crippen LogP contribution >= 0.6 is 0 Å². The SMILES string of the molecule is CCNC(C)(CCN(C)C(C)C(C)(C)C)C(=O)O. The molecule has 0 aromatic rings. The third-order valence-corrected chi connectivity index (χ3v) is 3.92. The van der Waals surface area contributed by atoms with Gasteiger partial charge in [-0.05, 0) is 39.3 Å². The second-order valence-corrected chi connectivity index (χ2v) is 6.44. The zero-order chi connectivity index (χ0) is 14.6. The zero-order valence-electron chi connectivity index (χ0n) is 13.0. The van der Waals surface area contributed by atoms with Gasteiger partial charge in [-0.3, -0.25) is 4.79 Å². The molecular weight excluding hydrogens is 228 g/mol. The van der Waals surface area contributed by atoms with E-state index in [1.54, 1.807) is 6.92 Å². The highest BCUT2D eigenvalue weighted by Gasteiger charge is 2.33. The van der Waals surface area contributed by atoms with Gasteiger partial charge in [0.2, 0.25) is 0 Å². The van der Waals surface area contributed by atoms with E-state index < -0.39 is 11.5 Å². The summed E-state index contributed by atoms with van der Waals surface area (Å²) >= 11 is 0. The highest BCUT2D eigenvalue weighted by molar-refractivity contribution is 5.78. The maximum Gasteiger partial charge on any atom is 0.323 e. The standard InChI is InChI=1S/C14H30N2O2/c1-8-15-14(6,12(17)18)9-10-16(7)11(2)13(3,4)5/h11,15H,8-10H2,1-7H3,(H,17,18). The number of hydrogen-bond donors (Lipinski definition) is 2. The Morgan fingerprint density at radius 2 is 1.83 bits per heavy atom. The van der Waals surface area contributed by atoms with Crippen molar-refractivity contribution in [2.75, 3.05) is 20.1 Å². The van der Waals surface area contributed by atoms with Crippen LogP contribution in [0.4, 0.5) is 0 Å². The molecule has 0 radical (unpaired) electrons. The minimum absolute atomic E-state index is 0.201. The summed E-state index contributed by atoms with van der Waals surface area (Å²) in [6, 6.07) is 0.414. The summed E-state index contributed by atoms with van der Waals surface area (Å²) in [5, 5.41) is 12.4. The summed E-state index contributed by atoms with van der Waals surface area (Å²) in [7, 11) is 2.06. The Bertz CT molecular complexity index is 273. The van der Waals surface area contributed by atoms with Crippen LogP contribution in [0.25, 0.3) is 0 Å². The van der Waals surface area contributed by atoms with Gasteiger partial charge in [-0.15, -0.1) is 0 Å². The molecular formula is C14H30N2O2. The van der Waals surface area contributed by atoms with E-state index in [1.165, 1.54) is 0 Å². The van der Waals surface area contributed by atoms with Gasteiger partial charge < -0.3 is 15.3 Å². The molecule has 0 aromatic heterocycles. The Labute approximate surface area is 112 Å². The molecule has 0 aliphatic carbocycles. The van der Waals surface area contributed by atoms with Crippen molar-refractivity contribution in [2.24, 2.45) is 5.41 Å². The third-order valence-electron chi connectivity index (χ3n) is 3.92. The first-order valence-corrected chi connectivity index (χ1v) is 6.73. The molecule has 2 unspecified atom stereocenters. The molecule has 2 N–H and O–H groups in total. The van der Waals surface area contributed by atoms with Crippen molar-refractivity contribution in [1.82, 2.24) is 10.2 Å². The number of aliphatic carboxylic acids is 1. The molecule has 0 saturated heterocycles. The normalized spacial score (nSPS) is 17.6. The Hall–Kier alpha value is -0.610. The summed E-state index contributed by atoms with van der Waals surface area (Å²) in [6.07, 6.45) is 0.604. The minimum atomic E-state index is -0.833. The van der Waals surface area contributed by atoms with Crippen molar-refractivity contribution in [3.8, 4) is 0 Å². The molecule has 0 spiro atoms. The van der Waals surface area contributed by atoms with E-state index in [4.69, 9.17) is 0 Å². The first-order valence-electron chi connectivity index (χ1n) is 6.73. The van der Waals surface area contributed by atoms with Gasteiger partial charge in [-0.2, -0.15) is 0 Å². The number of nitrogens with one attached hydrogen (secondary N) is 1. The van der Waals surface area contributed by atoms with E-state index in [0.717, 1.165) is 6.54 Å². The van der Waals surface area contributed by atoms with E-state index in [0.29, 0.717) is 19.0 Å². The first kappa shape index (κ1) is 17.4. The molecule has 0 amide bonds. The fourth-order valence-electron chi connectivity index (χ4n) is 1.92. The first-order chi connectivity index (χ1) is 8.04. The summed E-state index contributed by atoms with van der Waals surface area (Å²) in [5.74, 6) is -0.777. The molecule has 0 aromatic carbocycles. The molecule has 108 valence electrons. The molecule has 0 aliphatic heterocycles. The average molecular weight is 258 g/mol. The highest BCUT2D eigenvalue weighted by atomic mass is 16.4. The van der Waals surface area contributed by atoms with Crippen molar-refractivity contribution < 1.29 is 9.90 Å². The van der Waals surface area contributed by atoms with Crippen LogP contribution in [0.5, 0.6) is 0 Å². The van der Waals surface area contributed by atoms with Crippen LogP contribution in [-0.2, 0) is 4.79 Å². The molecule has 18 heavy (non-hydrogen) atoms. The van der Waals surface area contributed by atoms with Gasteiger partial charge >= 0.3 is 5.97 Å². The molecule has 0 heterocycles. The fourth-order valence-corrected chi connectivity index (χ4v) is 1.92. The lowest BCUT2D eigenvalue weighted by Gasteiger charge is -2.37. The van der Waals surface area contributed by atoms with E-state index in [9.17, 15) is 9.90 Å². The topological polar surface area (TPSA) is 52.6 Å². The maximum absolute atomic E-state index is 11.3. The number of rotatable bonds is 7. The van der Waals surface area contributed by atoms with Gasteiger partial charge in [0.25, 0.3) is 0 Å². The van der Waals surface area contributed by atoms with Crippen LogP contribution in [0.15, 0.2) is 0 Å². The van der Waals surface area contributed by atoms with Crippen molar-refractivity contribution in [3.63, 3.8) is 0 Å². The smallest absolute Gasteiger partial charge is 0.323 e. The number of nitrogens with zero attached hydrogens (tertiary/aromatic N) is 1. The van der Waals surface area contributed by atoms with Gasteiger partial charge in [-0.1, -0.05) is 27.7 Å². The predicted octanol–water partition coefficient (Wildman–Crippen LogP) is 2.20. The lowest BCUT2D eigenvalue weighted by molar-refractivity contribution is -0.144. The Kier molecular flexibility index (Phi) is 6.30. The van der Waals surface area contributed by atoms with E-state index in [1.807, 2.05) is 6.92 Å². The van der Waals surface area contributed by atoms with Crippen LogP contribution in [0.1, 0.15) is 48.0 Å². The monoisotopic (exact) mass is 258 g/mol. The Morgan fingerprint density at radius 3 is 2.17 bits per heavy atom. The quantitative estimate of drug-likeness (QED) is 0.735. The fraction of sp³-hybridized carbons (Fsp3) is 0.929. The summed E-state index contributed by atoms with van der Waals surface area (Å²) in [6.45, 7) is 13.9. The highest BCUT2D eigenvalue weighted by Crippen LogP contribution is 2.23. The van der Waals surface area contributed by atoms with Gasteiger partial charge in [-0.25, -0.2) is 0 Å². The second-order valence-electron chi connectivity index (χ2n) is 6.44. The van der Waals surface area contributed by atoms with Crippen LogP contribution < -0.4 is 5.32 Å². The molecule has 0 rings (SSSR count). The summed E-state index contributed by atoms with van der Waals surface area (Å²) in [5.41, 5.74) is -0.632. The second kappa shape index (κ2) is 6.53. The van der Waals surface area contributed by atoms with E-state index in [-0.39, 0.29) is 5.41 Å². The maximum atomic E-state index is 11.3. The minimum Gasteiger partial charge on any atom is -0.480 e. The molecule has 0 fully saturated rings. The van der Waals surface area contributed by atoms with E-state index >= 15 is 0 Å². The third kappa shape index (κ3) is 4.94.